The molecule has 1 N–H and O–H groups in total. The summed E-state index contributed by atoms with van der Waals surface area (Å²) >= 11 is 0. The molecule has 0 spiro atoms. The summed E-state index contributed by atoms with van der Waals surface area (Å²) in [5.74, 6) is 0.731. The monoisotopic (exact) mass is 362 g/mol. The Balaban J connectivity index is 1.82. The number of aromatic amines is 1. The van der Waals surface area contributed by atoms with Crippen LogP contribution >= 0.6 is 0 Å². The maximum absolute atomic E-state index is 12.8. The number of H-pyrrole nitrogens is 1. The highest BCUT2D eigenvalue weighted by molar-refractivity contribution is 5.78. The second-order valence-electron chi connectivity index (χ2n) is 6.75. The third-order valence-corrected chi connectivity index (χ3v) is 4.76. The van der Waals surface area contributed by atoms with Crippen molar-refractivity contribution >= 4 is 11.0 Å². The minimum atomic E-state index is -4.37. The van der Waals surface area contributed by atoms with E-state index in [1.807, 2.05) is 6.92 Å². The van der Waals surface area contributed by atoms with Crippen molar-refractivity contribution < 1.29 is 13.2 Å². The Kier molecular flexibility index (Phi) is 3.68. The van der Waals surface area contributed by atoms with Crippen LogP contribution in [0.25, 0.3) is 11.0 Å². The predicted octanol–water partition coefficient (Wildman–Crippen LogP) is 3.93. The maximum Gasteiger partial charge on any atom is 0.416 e. The molecule has 26 heavy (non-hydrogen) atoms. The fourth-order valence-corrected chi connectivity index (χ4v) is 3.19. The number of hydrogen-bond acceptors (Lipinski definition) is 3. The summed E-state index contributed by atoms with van der Waals surface area (Å²) in [6, 6.07) is 4.66. The summed E-state index contributed by atoms with van der Waals surface area (Å²) in [6.07, 6.45) is -2.41. The Labute approximate surface area is 146 Å². The molecule has 8 heteroatoms. The average Bonchev–Trinajstić information content (AvgIpc) is 3.34. The van der Waals surface area contributed by atoms with Crippen molar-refractivity contribution in [3.63, 3.8) is 0 Å². The van der Waals surface area contributed by atoms with Crippen LogP contribution in [0, 0.1) is 6.92 Å². The summed E-state index contributed by atoms with van der Waals surface area (Å²) in [6.45, 7) is 3.53. The van der Waals surface area contributed by atoms with Gasteiger partial charge >= 0.3 is 6.18 Å². The summed E-state index contributed by atoms with van der Waals surface area (Å²) in [7, 11) is 0. The molecule has 0 saturated heterocycles. The molecule has 4 rings (SSSR count). The normalized spacial score (nSPS) is 16.2. The van der Waals surface area contributed by atoms with Gasteiger partial charge < -0.3 is 4.98 Å². The fourth-order valence-electron chi connectivity index (χ4n) is 3.19. The molecule has 2 aromatic heterocycles. The first kappa shape index (κ1) is 16.8. The van der Waals surface area contributed by atoms with Gasteiger partial charge in [-0.1, -0.05) is 12.1 Å². The molecule has 3 aromatic rings. The van der Waals surface area contributed by atoms with Gasteiger partial charge in [0.2, 0.25) is 0 Å². The van der Waals surface area contributed by atoms with Crippen LogP contribution in [0.3, 0.4) is 0 Å². The van der Waals surface area contributed by atoms with Crippen LogP contribution in [0.15, 0.2) is 29.1 Å². The largest absolute Gasteiger partial charge is 0.416 e. The van der Waals surface area contributed by atoms with Crippen LogP contribution in [-0.2, 0) is 6.18 Å². The van der Waals surface area contributed by atoms with Gasteiger partial charge in [-0.3, -0.25) is 4.79 Å². The highest BCUT2D eigenvalue weighted by Crippen LogP contribution is 2.42. The highest BCUT2D eigenvalue weighted by Gasteiger charge is 2.33. The Bertz CT molecular complexity index is 1030. The number of aromatic nitrogens is 4. The number of hydrogen-bond donors (Lipinski definition) is 1. The number of fused-ring (bicyclic) bond motifs is 1. The zero-order valence-corrected chi connectivity index (χ0v) is 14.3. The Morgan fingerprint density at radius 3 is 2.46 bits per heavy atom. The van der Waals surface area contributed by atoms with Crippen molar-refractivity contribution in [2.75, 3.05) is 0 Å². The van der Waals surface area contributed by atoms with Crippen molar-refractivity contribution in [3.05, 3.63) is 57.3 Å². The molecule has 1 aromatic carbocycles. The molecule has 0 amide bonds. The second kappa shape index (κ2) is 5.69. The van der Waals surface area contributed by atoms with Gasteiger partial charge in [0.25, 0.3) is 5.56 Å². The number of nitrogens with zero attached hydrogens (tertiary/aromatic N) is 3. The van der Waals surface area contributed by atoms with Gasteiger partial charge in [0.1, 0.15) is 11.2 Å². The minimum absolute atomic E-state index is 0.222. The molecule has 1 aliphatic carbocycles. The summed E-state index contributed by atoms with van der Waals surface area (Å²) in [5.41, 5.74) is 0.959. The molecule has 1 atom stereocenters. The van der Waals surface area contributed by atoms with Crippen LogP contribution in [0.5, 0.6) is 0 Å². The van der Waals surface area contributed by atoms with E-state index in [1.54, 1.807) is 11.6 Å². The van der Waals surface area contributed by atoms with E-state index in [-0.39, 0.29) is 17.5 Å². The van der Waals surface area contributed by atoms with E-state index in [4.69, 9.17) is 0 Å². The van der Waals surface area contributed by atoms with Gasteiger partial charge in [0.15, 0.2) is 5.65 Å². The number of rotatable bonds is 3. The average molecular weight is 362 g/mol. The van der Waals surface area contributed by atoms with Gasteiger partial charge in [-0.15, -0.1) is 0 Å². The molecule has 0 radical (unpaired) electrons. The van der Waals surface area contributed by atoms with Gasteiger partial charge in [-0.2, -0.15) is 18.3 Å². The molecule has 1 fully saturated rings. The van der Waals surface area contributed by atoms with E-state index >= 15 is 0 Å². The SMILES string of the molecule is Cc1nc2c(c(C3CC3)nn2C(C)c2ccc(C(F)(F)F)cc2)c(=O)[nH]1. The van der Waals surface area contributed by atoms with E-state index in [9.17, 15) is 18.0 Å². The maximum atomic E-state index is 12.8. The molecule has 0 bridgehead atoms. The minimum Gasteiger partial charge on any atom is -0.310 e. The van der Waals surface area contributed by atoms with E-state index in [1.165, 1.54) is 12.1 Å². The Morgan fingerprint density at radius 2 is 1.88 bits per heavy atom. The quantitative estimate of drug-likeness (QED) is 0.768. The van der Waals surface area contributed by atoms with Gasteiger partial charge in [-0.25, -0.2) is 9.67 Å². The molecule has 5 nitrogen and oxygen atoms in total. The molecule has 1 unspecified atom stereocenters. The number of aryl methyl sites for hydroxylation is 1. The zero-order chi connectivity index (χ0) is 18.6. The van der Waals surface area contributed by atoms with E-state index in [0.29, 0.717) is 22.4 Å². The standard InChI is InChI=1S/C18H17F3N4O/c1-9(11-5-7-13(8-6-11)18(19,20)21)25-16-14(15(24-25)12-3-4-12)17(26)23-10(2)22-16/h5-9,12H,3-4H2,1-2H3,(H,22,23,26). The zero-order valence-electron chi connectivity index (χ0n) is 14.3. The smallest absolute Gasteiger partial charge is 0.310 e. The van der Waals surface area contributed by atoms with Gasteiger partial charge in [0, 0.05) is 5.92 Å². The first-order valence-corrected chi connectivity index (χ1v) is 8.42. The number of halogens is 3. The molecule has 2 heterocycles. The highest BCUT2D eigenvalue weighted by atomic mass is 19.4. The fraction of sp³-hybridized carbons (Fsp3) is 0.389. The van der Waals surface area contributed by atoms with Crippen molar-refractivity contribution in [3.8, 4) is 0 Å². The first-order chi connectivity index (χ1) is 12.3. The van der Waals surface area contributed by atoms with Gasteiger partial charge in [0.05, 0.1) is 17.3 Å². The van der Waals surface area contributed by atoms with E-state index in [0.717, 1.165) is 30.7 Å². The Hall–Kier alpha value is -2.64. The molecule has 136 valence electrons. The number of nitrogens with one attached hydrogen (secondary N) is 1. The van der Waals surface area contributed by atoms with Crippen LogP contribution in [0.1, 0.15) is 54.4 Å². The van der Waals surface area contributed by atoms with E-state index < -0.39 is 11.7 Å². The third kappa shape index (κ3) is 2.79. The summed E-state index contributed by atoms with van der Waals surface area (Å²) in [5, 5.41) is 5.10. The summed E-state index contributed by atoms with van der Waals surface area (Å²) in [4.78, 5) is 19.5. The topological polar surface area (TPSA) is 63.6 Å². The molecule has 1 aliphatic rings. The molecule has 0 aliphatic heterocycles. The summed E-state index contributed by atoms with van der Waals surface area (Å²) < 4.78 is 40.0. The lowest BCUT2D eigenvalue weighted by Gasteiger charge is -2.15. The number of benzene rings is 1. The van der Waals surface area contributed by atoms with Crippen LogP contribution < -0.4 is 5.56 Å². The second-order valence-corrected chi connectivity index (χ2v) is 6.75. The lowest BCUT2D eigenvalue weighted by molar-refractivity contribution is -0.137. The molecule has 1 saturated carbocycles. The van der Waals surface area contributed by atoms with Gasteiger partial charge in [-0.05, 0) is 44.4 Å². The van der Waals surface area contributed by atoms with Crippen LogP contribution in [0.2, 0.25) is 0 Å². The van der Waals surface area contributed by atoms with Crippen LogP contribution in [-0.4, -0.2) is 19.7 Å². The van der Waals surface area contributed by atoms with Crippen molar-refractivity contribution in [1.29, 1.82) is 0 Å². The predicted molar refractivity (Wildman–Crippen MR) is 90.1 cm³/mol. The van der Waals surface area contributed by atoms with E-state index in [2.05, 4.69) is 15.1 Å². The molecular formula is C18H17F3N4O. The Morgan fingerprint density at radius 1 is 1.23 bits per heavy atom. The first-order valence-electron chi connectivity index (χ1n) is 8.42. The molecular weight excluding hydrogens is 345 g/mol. The number of alkyl halides is 3. The lowest BCUT2D eigenvalue weighted by atomic mass is 10.1. The lowest BCUT2D eigenvalue weighted by Crippen LogP contribution is -2.13. The van der Waals surface area contributed by atoms with Crippen LogP contribution in [0.4, 0.5) is 13.2 Å². The third-order valence-electron chi connectivity index (χ3n) is 4.76. The van der Waals surface area contributed by atoms with Crippen molar-refractivity contribution in [2.24, 2.45) is 0 Å². The van der Waals surface area contributed by atoms with Crippen molar-refractivity contribution in [1.82, 2.24) is 19.7 Å². The van der Waals surface area contributed by atoms with Crippen molar-refractivity contribution in [2.45, 2.75) is 44.8 Å².